The fraction of sp³-hybridized carbons (Fsp3) is 0.471. The van der Waals surface area contributed by atoms with Crippen molar-refractivity contribution in [1.82, 2.24) is 10.2 Å². The van der Waals surface area contributed by atoms with Crippen molar-refractivity contribution >= 4 is 29.0 Å². The van der Waals surface area contributed by atoms with E-state index in [2.05, 4.69) is 27.7 Å². The number of aliphatic hydroxyl groups excluding tert-OH is 1. The Hall–Kier alpha value is -3.72. The highest BCUT2D eigenvalue weighted by molar-refractivity contribution is 7.13. The van der Waals surface area contributed by atoms with Gasteiger partial charge in [0.25, 0.3) is 5.91 Å². The van der Waals surface area contributed by atoms with Crippen LogP contribution in [0.1, 0.15) is 39.6 Å². The van der Waals surface area contributed by atoms with E-state index in [-0.39, 0.29) is 12.5 Å². The molecule has 2 heterocycles. The second kappa shape index (κ2) is 19.8. The van der Waals surface area contributed by atoms with Crippen LogP contribution in [0.3, 0.4) is 0 Å². The summed E-state index contributed by atoms with van der Waals surface area (Å²) < 4.78 is 23.0. The molecule has 0 bridgehead atoms. The first-order chi connectivity index (χ1) is 22.9. The zero-order chi connectivity index (χ0) is 33.3. The maximum Gasteiger partial charge on any atom is 0.316 e. The van der Waals surface area contributed by atoms with Crippen molar-refractivity contribution in [1.29, 1.82) is 0 Å². The van der Waals surface area contributed by atoms with Crippen LogP contribution in [0.15, 0.2) is 60.0 Å². The lowest BCUT2D eigenvalue weighted by molar-refractivity contribution is 0.0354. The van der Waals surface area contributed by atoms with E-state index in [0.29, 0.717) is 62.4 Å². The lowest BCUT2D eigenvalue weighted by Crippen LogP contribution is -2.37. The van der Waals surface area contributed by atoms with E-state index in [9.17, 15) is 14.7 Å². The Morgan fingerprint density at radius 3 is 2.51 bits per heavy atom. The lowest BCUT2D eigenvalue weighted by Gasteiger charge is -2.33. The number of nitrogens with one attached hydrogen (secondary N) is 2. The third-order valence-electron chi connectivity index (χ3n) is 7.71. The normalized spacial score (nSPS) is 15.6. The van der Waals surface area contributed by atoms with Gasteiger partial charge in [-0.2, -0.15) is 0 Å². The number of thiophene rings is 1. The number of carbonyl (C=O) groups excluding carboxylic acids is 2. The Labute approximate surface area is 280 Å². The van der Waals surface area contributed by atoms with Crippen LogP contribution in [-0.2, 0) is 15.9 Å². The predicted molar refractivity (Wildman–Crippen MR) is 183 cm³/mol. The Morgan fingerprint density at radius 2 is 1.74 bits per heavy atom. The summed E-state index contributed by atoms with van der Waals surface area (Å²) in [5, 5.41) is 17.9. The number of likely N-dealkylation sites (tertiary alicyclic amines) is 1. The highest BCUT2D eigenvalue weighted by Crippen LogP contribution is 2.37. The molecule has 1 saturated heterocycles. The van der Waals surface area contributed by atoms with Crippen molar-refractivity contribution in [2.75, 3.05) is 77.7 Å². The molecular weight excluding hydrogens is 622 g/mol. The summed E-state index contributed by atoms with van der Waals surface area (Å²) in [5.41, 5.74) is 13.4. The van der Waals surface area contributed by atoms with E-state index in [0.717, 1.165) is 50.2 Å². The number of primary amides is 2. The summed E-state index contributed by atoms with van der Waals surface area (Å²) in [7, 11) is 0. The van der Waals surface area contributed by atoms with Crippen LogP contribution in [0.4, 0.5) is 10.5 Å². The number of carbonyl (C=O) groups is 2. The van der Waals surface area contributed by atoms with Gasteiger partial charge in [-0.15, -0.1) is 11.3 Å². The molecule has 2 atom stereocenters. The van der Waals surface area contributed by atoms with E-state index >= 15 is 0 Å². The monoisotopic (exact) mass is 669 g/mol. The average molecular weight is 670 g/mol. The second-order valence-electron chi connectivity index (χ2n) is 11.3. The molecule has 2 aromatic carbocycles. The van der Waals surface area contributed by atoms with E-state index in [1.165, 1.54) is 16.9 Å². The molecule has 1 aromatic heterocycles. The van der Waals surface area contributed by atoms with Crippen molar-refractivity contribution < 1.29 is 33.6 Å². The van der Waals surface area contributed by atoms with Gasteiger partial charge in [0.15, 0.2) is 0 Å². The van der Waals surface area contributed by atoms with Gasteiger partial charge in [-0.1, -0.05) is 36.4 Å². The van der Waals surface area contributed by atoms with Gasteiger partial charge in [-0.3, -0.25) is 4.79 Å². The van der Waals surface area contributed by atoms with Gasteiger partial charge in [0.2, 0.25) is 0 Å². The number of hydrogen-bond donors (Lipinski definition) is 5. The van der Waals surface area contributed by atoms with E-state index < -0.39 is 18.0 Å². The number of ether oxygens (including phenoxy) is 4. The van der Waals surface area contributed by atoms with Crippen molar-refractivity contribution in [2.24, 2.45) is 11.5 Å². The molecule has 0 saturated carbocycles. The molecule has 2 unspecified atom stereocenters. The zero-order valence-electron chi connectivity index (χ0n) is 26.7. The number of hydrogen-bond acceptors (Lipinski definition) is 10. The molecule has 256 valence electrons. The van der Waals surface area contributed by atoms with Crippen LogP contribution < -0.4 is 31.6 Å². The Kier molecular flexibility index (Phi) is 15.2. The van der Waals surface area contributed by atoms with Gasteiger partial charge in [-0.25, -0.2) is 4.79 Å². The highest BCUT2D eigenvalue weighted by atomic mass is 32.1. The second-order valence-corrected chi connectivity index (χ2v) is 12.2. The molecule has 1 aliphatic heterocycles. The van der Waals surface area contributed by atoms with Crippen LogP contribution in [0, 0.1) is 0 Å². The summed E-state index contributed by atoms with van der Waals surface area (Å²) in [6.45, 7) is 6.30. The first kappa shape index (κ1) is 36.1. The molecule has 0 aliphatic carbocycles. The molecule has 7 N–H and O–H groups in total. The Balaban J connectivity index is 1.01. The van der Waals surface area contributed by atoms with Crippen molar-refractivity contribution in [3.05, 3.63) is 76.0 Å². The molecule has 4 rings (SSSR count). The summed E-state index contributed by atoms with van der Waals surface area (Å²) in [5.74, 6) is 0.970. The predicted octanol–water partition coefficient (Wildman–Crippen LogP) is 3.20. The highest BCUT2D eigenvalue weighted by Gasteiger charge is 2.27. The number of nitrogens with two attached hydrogens (primary N) is 2. The molecular formula is C34H47N5O7S. The van der Waals surface area contributed by atoms with Crippen molar-refractivity contribution in [3.63, 3.8) is 0 Å². The van der Waals surface area contributed by atoms with Gasteiger partial charge in [0.05, 0.1) is 38.7 Å². The Morgan fingerprint density at radius 1 is 0.979 bits per heavy atom. The quantitative estimate of drug-likeness (QED) is 0.107. The number of anilines is 1. The number of urea groups is 1. The van der Waals surface area contributed by atoms with Gasteiger partial charge in [0, 0.05) is 38.7 Å². The van der Waals surface area contributed by atoms with Crippen LogP contribution in [0.25, 0.3) is 0 Å². The SMILES string of the molecule is NC(=O)Nc1c(C2CCCN(CCOCCOCCNCC(O)COc3cccc(OCCc4ccccc4)c3)C2)csc1C(N)=O. The van der Waals surface area contributed by atoms with Crippen LogP contribution in [0.2, 0.25) is 0 Å². The summed E-state index contributed by atoms with van der Waals surface area (Å²) in [6.07, 6.45) is 2.11. The van der Waals surface area contributed by atoms with Crippen LogP contribution >= 0.6 is 11.3 Å². The smallest absolute Gasteiger partial charge is 0.316 e. The van der Waals surface area contributed by atoms with Crippen LogP contribution in [0.5, 0.6) is 11.5 Å². The molecule has 47 heavy (non-hydrogen) atoms. The molecule has 0 spiro atoms. The van der Waals surface area contributed by atoms with Gasteiger partial charge < -0.3 is 51.1 Å². The number of amides is 3. The first-order valence-corrected chi connectivity index (χ1v) is 16.9. The molecule has 3 amide bonds. The van der Waals surface area contributed by atoms with Crippen LogP contribution in [-0.4, -0.2) is 100 Å². The van der Waals surface area contributed by atoms with E-state index in [1.54, 1.807) is 0 Å². The summed E-state index contributed by atoms with van der Waals surface area (Å²) in [4.78, 5) is 25.9. The fourth-order valence-corrected chi connectivity index (χ4v) is 6.34. The van der Waals surface area contributed by atoms with Crippen molar-refractivity contribution in [2.45, 2.75) is 31.3 Å². The molecule has 12 nitrogen and oxygen atoms in total. The van der Waals surface area contributed by atoms with Gasteiger partial charge in [0.1, 0.15) is 29.1 Å². The minimum Gasteiger partial charge on any atom is -0.493 e. The van der Waals surface area contributed by atoms with E-state index in [1.807, 2.05) is 47.8 Å². The lowest BCUT2D eigenvalue weighted by atomic mass is 9.91. The number of piperidine rings is 1. The number of nitrogens with zero attached hydrogens (tertiary/aromatic N) is 1. The summed E-state index contributed by atoms with van der Waals surface area (Å²) >= 11 is 1.23. The maximum atomic E-state index is 11.8. The molecule has 13 heteroatoms. The largest absolute Gasteiger partial charge is 0.493 e. The minimum absolute atomic E-state index is 0.164. The summed E-state index contributed by atoms with van der Waals surface area (Å²) in [6, 6.07) is 16.9. The first-order valence-electron chi connectivity index (χ1n) is 16.0. The number of benzene rings is 2. The molecule has 1 aliphatic rings. The van der Waals surface area contributed by atoms with Gasteiger partial charge >= 0.3 is 6.03 Å². The van der Waals surface area contributed by atoms with Crippen molar-refractivity contribution in [3.8, 4) is 11.5 Å². The average Bonchev–Trinajstić information content (AvgIpc) is 3.48. The number of rotatable bonds is 21. The third kappa shape index (κ3) is 12.8. The molecule has 1 fully saturated rings. The molecule has 0 radical (unpaired) electrons. The minimum atomic E-state index is -0.715. The van der Waals surface area contributed by atoms with E-state index in [4.69, 9.17) is 30.4 Å². The molecule has 3 aromatic rings. The van der Waals surface area contributed by atoms with Gasteiger partial charge in [-0.05, 0) is 53.9 Å². The topological polar surface area (TPSA) is 171 Å². The zero-order valence-corrected chi connectivity index (χ0v) is 27.6. The number of aliphatic hydroxyl groups is 1. The third-order valence-corrected chi connectivity index (χ3v) is 8.73. The maximum absolute atomic E-state index is 11.8. The standard InChI is InChI=1S/C34H47N5O7S/c35-33(41)32-31(38-34(36)42)30(24-47-32)26-8-5-13-39(22-26)14-17-44-19-18-43-16-12-37-21-27(40)23-46-29-10-4-9-28(20-29)45-15-11-25-6-2-1-3-7-25/h1-4,6-7,9-10,20,24,26-27,37,40H,5,8,11-19,21-23H2,(H2,35,41)(H3,36,38,42). The fourth-order valence-electron chi connectivity index (χ4n) is 5.38. The Bertz CT molecular complexity index is 1380.